The third-order valence-corrected chi connectivity index (χ3v) is 4.33. The molecule has 0 saturated heterocycles. The van der Waals surface area contributed by atoms with Crippen LogP contribution in [0.2, 0.25) is 0 Å². The Morgan fingerprint density at radius 1 is 1.45 bits per heavy atom. The zero-order chi connectivity index (χ0) is 17.2. The molecule has 0 bridgehead atoms. The first-order chi connectivity index (χ1) is 10.1. The number of rotatable bonds is 12. The lowest BCUT2D eigenvalue weighted by Gasteiger charge is -2.24. The van der Waals surface area contributed by atoms with Crippen molar-refractivity contribution in [2.75, 3.05) is 52.4 Å². The lowest BCUT2D eigenvalue weighted by atomic mass is 10.4. The van der Waals surface area contributed by atoms with E-state index in [0.717, 1.165) is 0 Å². The first-order valence-corrected chi connectivity index (χ1v) is 9.28. The van der Waals surface area contributed by atoms with Crippen LogP contribution in [0.25, 0.3) is 0 Å². The van der Waals surface area contributed by atoms with Crippen LogP contribution in [-0.4, -0.2) is 74.0 Å². The van der Waals surface area contributed by atoms with Crippen LogP contribution in [0.3, 0.4) is 0 Å². The van der Waals surface area contributed by atoms with Crippen molar-refractivity contribution < 1.29 is 32.5 Å². The third kappa shape index (κ3) is 13.1. The molecule has 0 rings (SSSR count). The molecule has 0 aromatic carbocycles. The van der Waals surface area contributed by atoms with Gasteiger partial charge in [-0.05, 0) is 0 Å². The molecule has 2 unspecified atom stereocenters. The number of phosphoric ester groups is 1. The molecular weight excluding hydrogens is 331 g/mol. The molecule has 22 heavy (non-hydrogen) atoms. The summed E-state index contributed by atoms with van der Waals surface area (Å²) < 4.78 is 26.9. The predicted octanol–water partition coefficient (Wildman–Crippen LogP) is 1.21. The molecule has 0 aromatic heterocycles. The average Bonchev–Trinajstić information content (AvgIpc) is 2.33. The number of likely N-dealkylation sites (N-methyl/N-ethyl adjacent to an activating group) is 1. The molecule has 3 N–H and O–H groups in total. The van der Waals surface area contributed by atoms with Gasteiger partial charge in [0.2, 0.25) is 0 Å². The molecule has 130 valence electrons. The molecular formula is C12H26N2O6PS+. The highest BCUT2D eigenvalue weighted by molar-refractivity contribution is 7.99. The lowest BCUT2D eigenvalue weighted by molar-refractivity contribution is -0.870. The van der Waals surface area contributed by atoms with Gasteiger partial charge in [0.05, 0.1) is 27.7 Å². The van der Waals surface area contributed by atoms with Crippen molar-refractivity contribution in [1.82, 2.24) is 0 Å². The molecule has 0 aromatic rings. The number of quaternary nitrogens is 1. The van der Waals surface area contributed by atoms with Crippen LogP contribution in [0, 0.1) is 0 Å². The maximum Gasteiger partial charge on any atom is 0.472 e. The highest BCUT2D eigenvalue weighted by Crippen LogP contribution is 2.43. The van der Waals surface area contributed by atoms with E-state index < -0.39 is 20.0 Å². The number of ether oxygens (including phenoxy) is 1. The van der Waals surface area contributed by atoms with Crippen molar-refractivity contribution in [2.24, 2.45) is 5.73 Å². The van der Waals surface area contributed by atoms with Crippen LogP contribution in [0.15, 0.2) is 12.7 Å². The molecule has 2 atom stereocenters. The molecule has 0 heterocycles. The number of hydrogen-bond acceptors (Lipinski definition) is 6. The second-order valence-electron chi connectivity index (χ2n) is 5.50. The highest BCUT2D eigenvalue weighted by atomic mass is 32.2. The van der Waals surface area contributed by atoms with Gasteiger partial charge in [0, 0.05) is 11.5 Å². The van der Waals surface area contributed by atoms with Gasteiger partial charge in [-0.25, -0.2) is 9.36 Å². The summed E-state index contributed by atoms with van der Waals surface area (Å²) >= 11 is 1.43. The van der Waals surface area contributed by atoms with E-state index in [1.165, 1.54) is 11.8 Å². The minimum atomic E-state index is -4.19. The average molecular weight is 357 g/mol. The Kier molecular flexibility index (Phi) is 9.99. The maximum atomic E-state index is 11.7. The summed E-state index contributed by atoms with van der Waals surface area (Å²) in [7, 11) is 1.61. The van der Waals surface area contributed by atoms with Crippen LogP contribution in [0.4, 0.5) is 4.79 Å². The van der Waals surface area contributed by atoms with Gasteiger partial charge in [0.15, 0.2) is 0 Å². The second-order valence-corrected chi connectivity index (χ2v) is 8.02. The molecule has 0 aliphatic rings. The third-order valence-electron chi connectivity index (χ3n) is 2.26. The number of hydrogen-bond donors (Lipinski definition) is 2. The zero-order valence-corrected chi connectivity index (χ0v) is 15.0. The van der Waals surface area contributed by atoms with E-state index in [9.17, 15) is 14.3 Å². The van der Waals surface area contributed by atoms with E-state index in [1.54, 1.807) is 6.08 Å². The summed E-state index contributed by atoms with van der Waals surface area (Å²) in [5.74, 6) is 1.02. The maximum absolute atomic E-state index is 11.7. The van der Waals surface area contributed by atoms with E-state index in [0.29, 0.717) is 22.5 Å². The number of nitrogens with zero attached hydrogens (tertiary/aromatic N) is 1. The van der Waals surface area contributed by atoms with Gasteiger partial charge in [0.25, 0.3) is 0 Å². The van der Waals surface area contributed by atoms with E-state index in [1.807, 2.05) is 21.1 Å². The first kappa shape index (κ1) is 21.4. The van der Waals surface area contributed by atoms with Gasteiger partial charge < -0.3 is 19.8 Å². The van der Waals surface area contributed by atoms with Crippen LogP contribution in [0.1, 0.15) is 0 Å². The number of primary amides is 1. The summed E-state index contributed by atoms with van der Waals surface area (Å²) in [4.78, 5) is 20.4. The van der Waals surface area contributed by atoms with E-state index in [2.05, 4.69) is 6.58 Å². The molecule has 0 fully saturated rings. The lowest BCUT2D eigenvalue weighted by Crippen LogP contribution is -2.37. The van der Waals surface area contributed by atoms with E-state index >= 15 is 0 Å². The number of nitrogens with two attached hydrogens (primary N) is 1. The fourth-order valence-electron chi connectivity index (χ4n) is 1.21. The first-order valence-electron chi connectivity index (χ1n) is 6.63. The second kappa shape index (κ2) is 10.3. The van der Waals surface area contributed by atoms with Crippen molar-refractivity contribution >= 4 is 25.7 Å². The van der Waals surface area contributed by atoms with E-state index in [-0.39, 0.29) is 13.2 Å². The fourth-order valence-corrected chi connectivity index (χ4v) is 2.68. The van der Waals surface area contributed by atoms with Crippen LogP contribution >= 0.6 is 19.6 Å². The Bertz CT molecular complexity index is 402. The number of amides is 1. The predicted molar refractivity (Wildman–Crippen MR) is 86.6 cm³/mol. The minimum Gasteiger partial charge on any atom is -0.443 e. The SMILES string of the molecule is C=CCSCC(COP(=O)(O)OCC[N+](C)(C)C)OC(N)=O. The number of phosphoric acid groups is 1. The molecule has 0 aliphatic heterocycles. The topological polar surface area (TPSA) is 108 Å². The van der Waals surface area contributed by atoms with Gasteiger partial charge in [-0.15, -0.1) is 6.58 Å². The standard InChI is InChI=1S/C12H25N2O6PS/c1-5-8-22-10-11(20-12(13)15)9-19-21(16,17)18-7-6-14(2,3)4/h5,11H,1,6-10H2,2-4H3,(H2-,13,15,16,17)/p+1. The molecule has 0 spiro atoms. The summed E-state index contributed by atoms with van der Waals surface area (Å²) in [6, 6.07) is 0. The van der Waals surface area contributed by atoms with Crippen LogP contribution in [0.5, 0.6) is 0 Å². The van der Waals surface area contributed by atoms with Gasteiger partial charge in [0.1, 0.15) is 19.3 Å². The van der Waals surface area contributed by atoms with Gasteiger partial charge >= 0.3 is 13.9 Å². The minimum absolute atomic E-state index is 0.0732. The van der Waals surface area contributed by atoms with Crippen molar-refractivity contribution in [3.63, 3.8) is 0 Å². The summed E-state index contributed by atoms with van der Waals surface area (Å²) in [5, 5.41) is 0. The molecule has 8 nitrogen and oxygen atoms in total. The van der Waals surface area contributed by atoms with Gasteiger partial charge in [-0.1, -0.05) is 6.08 Å². The largest absolute Gasteiger partial charge is 0.472 e. The molecule has 0 radical (unpaired) electrons. The molecule has 1 amide bonds. The Hall–Kier alpha value is -0.570. The van der Waals surface area contributed by atoms with E-state index in [4.69, 9.17) is 19.5 Å². The number of thioether (sulfide) groups is 1. The Balaban J connectivity index is 4.26. The Morgan fingerprint density at radius 3 is 2.59 bits per heavy atom. The Morgan fingerprint density at radius 2 is 2.09 bits per heavy atom. The smallest absolute Gasteiger partial charge is 0.443 e. The van der Waals surface area contributed by atoms with Crippen LogP contribution in [-0.2, 0) is 18.3 Å². The van der Waals surface area contributed by atoms with Gasteiger partial charge in [-0.2, -0.15) is 11.8 Å². The normalized spacial score (nSPS) is 15.8. The fraction of sp³-hybridized carbons (Fsp3) is 0.750. The van der Waals surface area contributed by atoms with Crippen molar-refractivity contribution in [3.05, 3.63) is 12.7 Å². The quantitative estimate of drug-likeness (QED) is 0.234. The van der Waals surface area contributed by atoms with Crippen molar-refractivity contribution in [2.45, 2.75) is 6.10 Å². The summed E-state index contributed by atoms with van der Waals surface area (Å²) in [6.45, 7) is 3.91. The molecule has 0 aliphatic carbocycles. The zero-order valence-electron chi connectivity index (χ0n) is 13.3. The summed E-state index contributed by atoms with van der Waals surface area (Å²) in [6.07, 6.45) is -0.00562. The van der Waals surface area contributed by atoms with Crippen molar-refractivity contribution in [1.29, 1.82) is 0 Å². The molecule has 10 heteroatoms. The van der Waals surface area contributed by atoms with Gasteiger partial charge in [-0.3, -0.25) is 9.05 Å². The highest BCUT2D eigenvalue weighted by Gasteiger charge is 2.25. The monoisotopic (exact) mass is 357 g/mol. The Labute approximate surface area is 135 Å². The summed E-state index contributed by atoms with van der Waals surface area (Å²) in [5.41, 5.74) is 4.95. The number of carbonyl (C=O) groups is 1. The van der Waals surface area contributed by atoms with Crippen molar-refractivity contribution in [3.8, 4) is 0 Å². The van der Waals surface area contributed by atoms with Crippen LogP contribution < -0.4 is 5.73 Å². The molecule has 0 saturated carbocycles. The number of carbonyl (C=O) groups excluding carboxylic acids is 1.